The van der Waals surface area contributed by atoms with Gasteiger partial charge < -0.3 is 10.6 Å². The molecule has 1 saturated carbocycles. The molecular weight excluding hydrogens is 400 g/mol. The normalized spacial score (nSPS) is 13.9. The third-order valence-corrected chi connectivity index (χ3v) is 6.23. The fourth-order valence-electron chi connectivity index (χ4n) is 4.08. The molecule has 7 heteroatoms. The van der Waals surface area contributed by atoms with E-state index in [1.165, 1.54) is 24.8 Å². The minimum absolute atomic E-state index is 0.0400. The van der Waals surface area contributed by atoms with Crippen molar-refractivity contribution < 1.29 is 0 Å². The largest absolute Gasteiger partial charge is 0.340 e. The predicted octanol–water partition coefficient (Wildman–Crippen LogP) is 4.03. The van der Waals surface area contributed by atoms with Crippen LogP contribution in [-0.4, -0.2) is 31.7 Å². The van der Waals surface area contributed by atoms with Crippen LogP contribution in [0.25, 0.3) is 16.6 Å². The lowest BCUT2D eigenvalue weighted by molar-refractivity contribution is 0.334. The van der Waals surface area contributed by atoms with E-state index < -0.39 is 0 Å². The third-order valence-electron chi connectivity index (χ3n) is 6.23. The van der Waals surface area contributed by atoms with Crippen LogP contribution in [0.1, 0.15) is 31.7 Å². The summed E-state index contributed by atoms with van der Waals surface area (Å²) < 4.78 is 3.43. The number of fused-ring (bicyclic) bond motifs is 1. The van der Waals surface area contributed by atoms with Crippen molar-refractivity contribution in [3.8, 4) is 5.69 Å². The summed E-state index contributed by atoms with van der Waals surface area (Å²) in [5, 5.41) is 7.80. The van der Waals surface area contributed by atoms with E-state index in [-0.39, 0.29) is 5.69 Å². The number of anilines is 2. The van der Waals surface area contributed by atoms with Crippen molar-refractivity contribution in [2.45, 2.75) is 45.2 Å². The second-order valence-corrected chi connectivity index (χ2v) is 8.33. The highest BCUT2D eigenvalue weighted by Crippen LogP contribution is 2.25. The van der Waals surface area contributed by atoms with E-state index in [1.807, 2.05) is 42.7 Å². The summed E-state index contributed by atoms with van der Waals surface area (Å²) in [5.74, 6) is 0.724. The zero-order valence-corrected chi connectivity index (χ0v) is 18.3. The Morgan fingerprint density at radius 1 is 1.09 bits per heavy atom. The standard InChI is InChI=1S/C25H28N6O/c1-2-18-5-3-8-20(15-18)29-24-22-16-21(9-10-23(22)27-17-28-24)31-14-13-30(25(31)32)12-11-26-19-6-4-7-19/h3,5,8-10,13-17,19,26H,2,4,6-7,11-12H2,1H3,(H,27,28,29). The van der Waals surface area contributed by atoms with Gasteiger partial charge in [0.2, 0.25) is 0 Å². The fraction of sp³-hybridized carbons (Fsp3) is 0.320. The lowest BCUT2D eigenvalue weighted by atomic mass is 9.93. The molecule has 2 aromatic carbocycles. The summed E-state index contributed by atoms with van der Waals surface area (Å²) in [6.07, 6.45) is 10.0. The molecule has 0 atom stereocenters. The third kappa shape index (κ3) is 4.16. The van der Waals surface area contributed by atoms with Gasteiger partial charge in [-0.3, -0.25) is 9.13 Å². The molecule has 0 aliphatic heterocycles. The van der Waals surface area contributed by atoms with Crippen LogP contribution in [0.3, 0.4) is 0 Å². The van der Waals surface area contributed by atoms with Crippen molar-refractivity contribution >= 4 is 22.4 Å². The number of aryl methyl sites for hydroxylation is 1. The Kier molecular flexibility index (Phi) is 5.73. The van der Waals surface area contributed by atoms with Crippen molar-refractivity contribution in [2.24, 2.45) is 0 Å². The number of aromatic nitrogens is 4. The fourth-order valence-corrected chi connectivity index (χ4v) is 4.08. The van der Waals surface area contributed by atoms with E-state index in [9.17, 15) is 4.79 Å². The summed E-state index contributed by atoms with van der Waals surface area (Å²) in [7, 11) is 0. The van der Waals surface area contributed by atoms with Gasteiger partial charge in [0.1, 0.15) is 12.1 Å². The molecule has 0 amide bonds. The monoisotopic (exact) mass is 428 g/mol. The molecule has 0 radical (unpaired) electrons. The Bertz CT molecular complexity index is 1290. The number of benzene rings is 2. The van der Waals surface area contributed by atoms with Gasteiger partial charge in [-0.2, -0.15) is 0 Å². The van der Waals surface area contributed by atoms with E-state index >= 15 is 0 Å². The van der Waals surface area contributed by atoms with Crippen molar-refractivity contribution in [3.63, 3.8) is 0 Å². The molecule has 0 bridgehead atoms. The highest BCUT2D eigenvalue weighted by molar-refractivity contribution is 5.92. The summed E-state index contributed by atoms with van der Waals surface area (Å²) in [5.41, 5.74) is 3.83. The first kappa shape index (κ1) is 20.5. The van der Waals surface area contributed by atoms with E-state index in [0.717, 1.165) is 41.1 Å². The molecular formula is C25H28N6O. The van der Waals surface area contributed by atoms with Gasteiger partial charge >= 0.3 is 5.69 Å². The van der Waals surface area contributed by atoms with Crippen molar-refractivity contribution in [1.82, 2.24) is 24.4 Å². The zero-order chi connectivity index (χ0) is 21.9. The summed E-state index contributed by atoms with van der Waals surface area (Å²) in [6, 6.07) is 14.8. The first-order chi connectivity index (χ1) is 15.7. The molecule has 1 aliphatic carbocycles. The second-order valence-electron chi connectivity index (χ2n) is 8.33. The van der Waals surface area contributed by atoms with Crippen LogP contribution in [0.15, 0.2) is 66.0 Å². The van der Waals surface area contributed by atoms with Crippen molar-refractivity contribution in [1.29, 1.82) is 0 Å². The highest BCUT2D eigenvalue weighted by atomic mass is 16.1. The minimum Gasteiger partial charge on any atom is -0.340 e. The molecule has 2 heterocycles. The minimum atomic E-state index is -0.0400. The maximum Gasteiger partial charge on any atom is 0.332 e. The van der Waals surface area contributed by atoms with Gasteiger partial charge in [-0.05, 0) is 55.2 Å². The van der Waals surface area contributed by atoms with Gasteiger partial charge in [0.15, 0.2) is 0 Å². The number of nitrogens with zero attached hydrogens (tertiary/aromatic N) is 4. The molecule has 4 aromatic rings. The van der Waals surface area contributed by atoms with Crippen LogP contribution < -0.4 is 16.3 Å². The first-order valence-corrected chi connectivity index (χ1v) is 11.3. The lowest BCUT2D eigenvalue weighted by Gasteiger charge is -2.26. The summed E-state index contributed by atoms with van der Waals surface area (Å²) in [6.45, 7) is 3.61. The molecule has 1 aliphatic rings. The van der Waals surface area contributed by atoms with Crippen LogP contribution in [0.2, 0.25) is 0 Å². The van der Waals surface area contributed by atoms with Crippen LogP contribution >= 0.6 is 0 Å². The smallest absolute Gasteiger partial charge is 0.332 e. The number of nitrogens with one attached hydrogen (secondary N) is 2. The van der Waals surface area contributed by atoms with Crippen LogP contribution in [0, 0.1) is 0 Å². The summed E-state index contributed by atoms with van der Waals surface area (Å²) in [4.78, 5) is 21.8. The average molecular weight is 429 g/mol. The SMILES string of the molecule is CCc1cccc(Nc2ncnc3ccc(-n4ccn(CCNC5CCC5)c4=O)cc23)c1. The van der Waals surface area contributed by atoms with Crippen molar-refractivity contribution in [2.75, 3.05) is 11.9 Å². The first-order valence-electron chi connectivity index (χ1n) is 11.3. The Hall–Kier alpha value is -3.45. The molecule has 0 unspecified atom stereocenters. The van der Waals surface area contributed by atoms with Crippen LogP contribution in [0.4, 0.5) is 11.5 Å². The molecule has 1 fully saturated rings. The molecule has 2 N–H and O–H groups in total. The number of hydrogen-bond donors (Lipinski definition) is 2. The molecule has 7 nitrogen and oxygen atoms in total. The van der Waals surface area contributed by atoms with Gasteiger partial charge in [-0.15, -0.1) is 0 Å². The van der Waals surface area contributed by atoms with Gasteiger partial charge in [0, 0.05) is 42.6 Å². The van der Waals surface area contributed by atoms with Gasteiger partial charge in [-0.1, -0.05) is 25.5 Å². The van der Waals surface area contributed by atoms with Gasteiger partial charge in [0.25, 0.3) is 0 Å². The van der Waals surface area contributed by atoms with Crippen molar-refractivity contribution in [3.05, 3.63) is 77.2 Å². The highest BCUT2D eigenvalue weighted by Gasteiger charge is 2.16. The maximum atomic E-state index is 13.0. The Morgan fingerprint density at radius 2 is 2.00 bits per heavy atom. The zero-order valence-electron chi connectivity index (χ0n) is 18.3. The number of rotatable bonds is 8. The van der Waals surface area contributed by atoms with E-state index in [0.29, 0.717) is 12.6 Å². The van der Waals surface area contributed by atoms with Gasteiger partial charge in [0.05, 0.1) is 11.2 Å². The second kappa shape index (κ2) is 8.96. The van der Waals surface area contributed by atoms with Crippen LogP contribution in [-0.2, 0) is 13.0 Å². The van der Waals surface area contributed by atoms with Crippen LogP contribution in [0.5, 0.6) is 0 Å². The van der Waals surface area contributed by atoms with E-state index in [1.54, 1.807) is 15.5 Å². The Labute approximate surface area is 187 Å². The number of imidazole rings is 1. The molecule has 5 rings (SSSR count). The van der Waals surface area contributed by atoms with E-state index in [4.69, 9.17) is 0 Å². The topological polar surface area (TPSA) is 76.8 Å². The molecule has 0 spiro atoms. The predicted molar refractivity (Wildman–Crippen MR) is 128 cm³/mol. The maximum absolute atomic E-state index is 13.0. The molecule has 2 aromatic heterocycles. The molecule has 164 valence electrons. The molecule has 32 heavy (non-hydrogen) atoms. The lowest BCUT2D eigenvalue weighted by Crippen LogP contribution is -2.38. The van der Waals surface area contributed by atoms with Gasteiger partial charge in [-0.25, -0.2) is 14.8 Å². The average Bonchev–Trinajstić information content (AvgIpc) is 3.16. The number of hydrogen-bond acceptors (Lipinski definition) is 5. The Morgan fingerprint density at radius 3 is 2.81 bits per heavy atom. The summed E-state index contributed by atoms with van der Waals surface area (Å²) >= 11 is 0. The molecule has 0 saturated heterocycles. The van der Waals surface area contributed by atoms with E-state index in [2.05, 4.69) is 39.7 Å². The quantitative estimate of drug-likeness (QED) is 0.443. The Balaban J connectivity index is 1.41.